The SMILES string of the molecule is CC1(C)OCCn2c1nc1c(N3CCOCC3)nc(-c3cccc4c3C=N[NH2+]4)nc12. The number of hydrogen-bond acceptors (Lipinski definition) is 7. The van der Waals surface area contributed by atoms with Crippen LogP contribution in [0.5, 0.6) is 0 Å². The molecule has 2 aromatic heterocycles. The maximum absolute atomic E-state index is 6.00. The number of morpholine rings is 1. The van der Waals surface area contributed by atoms with Gasteiger partial charge in [-0.2, -0.15) is 5.43 Å². The van der Waals surface area contributed by atoms with E-state index in [2.05, 4.69) is 40.5 Å². The Kier molecular flexibility index (Phi) is 3.92. The normalized spacial score (nSPS) is 19.9. The highest BCUT2D eigenvalue weighted by molar-refractivity contribution is 5.96. The van der Waals surface area contributed by atoms with Gasteiger partial charge in [0.15, 0.2) is 28.5 Å². The first-order chi connectivity index (χ1) is 14.6. The van der Waals surface area contributed by atoms with Crippen molar-refractivity contribution >= 4 is 28.9 Å². The molecule has 0 amide bonds. The van der Waals surface area contributed by atoms with Gasteiger partial charge in [-0.15, -0.1) is 0 Å². The minimum atomic E-state index is -0.461. The fourth-order valence-electron chi connectivity index (χ4n) is 4.46. The lowest BCUT2D eigenvalue weighted by Crippen LogP contribution is -2.69. The molecular weight excluding hydrogens is 382 g/mol. The third kappa shape index (κ3) is 2.66. The molecule has 3 aromatic rings. The van der Waals surface area contributed by atoms with E-state index in [9.17, 15) is 0 Å². The standard InChI is InChI=1S/C21H23N7O2/c1-21(2)20-23-16-18(27-6-9-29-10-7-27)24-17(25-19(16)28(20)8-11-30-21)13-4-3-5-15-14(13)12-22-26-15/h3-5,12H,6-11H2,1-2H3,(H,22,26)/p+1. The number of benzene rings is 1. The van der Waals surface area contributed by atoms with Crippen molar-refractivity contribution in [1.29, 1.82) is 0 Å². The number of rotatable bonds is 2. The van der Waals surface area contributed by atoms with Crippen molar-refractivity contribution in [2.24, 2.45) is 5.10 Å². The molecular formula is C21H24N7O2+. The van der Waals surface area contributed by atoms with Crippen LogP contribution in [0.3, 0.4) is 0 Å². The van der Waals surface area contributed by atoms with E-state index < -0.39 is 5.60 Å². The molecule has 154 valence electrons. The topological polar surface area (TPSA) is 94.3 Å². The molecule has 0 atom stereocenters. The van der Waals surface area contributed by atoms with Crippen molar-refractivity contribution in [3.05, 3.63) is 29.6 Å². The molecule has 0 aliphatic carbocycles. The Morgan fingerprint density at radius 1 is 1.03 bits per heavy atom. The van der Waals surface area contributed by atoms with Crippen molar-refractivity contribution in [3.63, 3.8) is 0 Å². The summed E-state index contributed by atoms with van der Waals surface area (Å²) in [6, 6.07) is 6.16. The van der Waals surface area contributed by atoms with Gasteiger partial charge in [-0.05, 0) is 13.8 Å². The van der Waals surface area contributed by atoms with Crippen LogP contribution in [0.2, 0.25) is 0 Å². The van der Waals surface area contributed by atoms with Gasteiger partial charge in [0.1, 0.15) is 11.4 Å². The van der Waals surface area contributed by atoms with E-state index in [0.717, 1.165) is 59.3 Å². The molecule has 0 radical (unpaired) electrons. The van der Waals surface area contributed by atoms with Crippen molar-refractivity contribution in [3.8, 4) is 11.4 Å². The van der Waals surface area contributed by atoms with E-state index in [-0.39, 0.29) is 0 Å². The van der Waals surface area contributed by atoms with Crippen LogP contribution in [0, 0.1) is 0 Å². The van der Waals surface area contributed by atoms with Gasteiger partial charge in [-0.1, -0.05) is 17.2 Å². The summed E-state index contributed by atoms with van der Waals surface area (Å²) < 4.78 is 13.8. The van der Waals surface area contributed by atoms with Gasteiger partial charge in [0.05, 0.1) is 31.6 Å². The lowest BCUT2D eigenvalue weighted by atomic mass is 10.1. The second kappa shape index (κ2) is 6.56. The summed E-state index contributed by atoms with van der Waals surface area (Å²) in [5.74, 6) is 2.47. The second-order valence-electron chi connectivity index (χ2n) is 8.30. The lowest BCUT2D eigenvalue weighted by molar-refractivity contribution is -0.573. The van der Waals surface area contributed by atoms with Gasteiger partial charge in [-0.25, -0.2) is 15.0 Å². The first-order valence-electron chi connectivity index (χ1n) is 10.4. The van der Waals surface area contributed by atoms with E-state index in [1.165, 1.54) is 0 Å². The molecule has 5 heterocycles. The van der Waals surface area contributed by atoms with Gasteiger partial charge in [0.2, 0.25) is 0 Å². The second-order valence-corrected chi connectivity index (χ2v) is 8.30. The molecule has 6 rings (SSSR count). The van der Waals surface area contributed by atoms with Crippen LogP contribution in [-0.2, 0) is 21.6 Å². The quantitative estimate of drug-likeness (QED) is 0.507. The van der Waals surface area contributed by atoms with Crippen LogP contribution in [0.15, 0.2) is 23.3 Å². The van der Waals surface area contributed by atoms with Gasteiger partial charge >= 0.3 is 0 Å². The van der Waals surface area contributed by atoms with E-state index in [1.54, 1.807) is 0 Å². The van der Waals surface area contributed by atoms with Crippen molar-refractivity contribution < 1.29 is 14.9 Å². The molecule has 30 heavy (non-hydrogen) atoms. The van der Waals surface area contributed by atoms with E-state index in [4.69, 9.17) is 24.4 Å². The third-order valence-electron chi connectivity index (χ3n) is 6.00. The predicted molar refractivity (Wildman–Crippen MR) is 112 cm³/mol. The van der Waals surface area contributed by atoms with E-state index in [0.29, 0.717) is 25.6 Å². The summed E-state index contributed by atoms with van der Waals surface area (Å²) in [7, 11) is 0. The van der Waals surface area contributed by atoms with Crippen LogP contribution in [-0.4, -0.2) is 58.6 Å². The minimum Gasteiger partial charge on any atom is -0.378 e. The summed E-state index contributed by atoms with van der Waals surface area (Å²) in [5.41, 5.74) is 6.26. The molecule has 9 heteroatoms. The lowest BCUT2D eigenvalue weighted by Gasteiger charge is -2.30. The van der Waals surface area contributed by atoms with Crippen LogP contribution < -0.4 is 10.3 Å². The average molecular weight is 406 g/mol. The predicted octanol–water partition coefficient (Wildman–Crippen LogP) is 1.14. The van der Waals surface area contributed by atoms with E-state index in [1.807, 2.05) is 17.7 Å². The smallest absolute Gasteiger partial charge is 0.166 e. The number of aromatic nitrogens is 4. The Labute approximate surface area is 173 Å². The van der Waals surface area contributed by atoms with E-state index >= 15 is 0 Å². The molecule has 0 spiro atoms. The van der Waals surface area contributed by atoms with Crippen molar-refractivity contribution in [2.75, 3.05) is 37.8 Å². The Bertz CT molecular complexity index is 1180. The Morgan fingerprint density at radius 3 is 2.77 bits per heavy atom. The zero-order valence-electron chi connectivity index (χ0n) is 17.1. The summed E-state index contributed by atoms with van der Waals surface area (Å²) >= 11 is 0. The van der Waals surface area contributed by atoms with Gasteiger partial charge in [0, 0.05) is 31.3 Å². The molecule has 3 aliphatic heterocycles. The van der Waals surface area contributed by atoms with Crippen molar-refractivity contribution in [2.45, 2.75) is 26.0 Å². The average Bonchev–Trinajstić information content (AvgIpc) is 3.39. The number of quaternary nitrogens is 1. The molecule has 1 aromatic carbocycles. The number of nitrogens with zero attached hydrogens (tertiary/aromatic N) is 6. The van der Waals surface area contributed by atoms with Crippen LogP contribution in [0.25, 0.3) is 22.6 Å². The number of anilines is 1. The monoisotopic (exact) mass is 406 g/mol. The molecule has 0 bridgehead atoms. The molecule has 9 nitrogen and oxygen atoms in total. The fraction of sp³-hybridized carbons (Fsp3) is 0.429. The zero-order chi connectivity index (χ0) is 20.3. The minimum absolute atomic E-state index is 0.461. The summed E-state index contributed by atoms with van der Waals surface area (Å²) in [6.07, 6.45) is 1.88. The fourth-order valence-corrected chi connectivity index (χ4v) is 4.46. The molecule has 0 unspecified atom stereocenters. The zero-order valence-corrected chi connectivity index (χ0v) is 17.1. The Balaban J connectivity index is 1.62. The number of fused-ring (bicyclic) bond motifs is 4. The Morgan fingerprint density at radius 2 is 1.90 bits per heavy atom. The van der Waals surface area contributed by atoms with Gasteiger partial charge < -0.3 is 18.9 Å². The maximum Gasteiger partial charge on any atom is 0.166 e. The number of nitrogens with two attached hydrogens (primary N) is 1. The van der Waals surface area contributed by atoms with Gasteiger partial charge in [-0.3, -0.25) is 0 Å². The molecule has 1 saturated heterocycles. The number of hydrogen-bond donors (Lipinski definition) is 1. The van der Waals surface area contributed by atoms with Crippen LogP contribution in [0.1, 0.15) is 25.2 Å². The molecule has 3 aliphatic rings. The molecule has 1 fully saturated rings. The maximum atomic E-state index is 6.00. The van der Waals surface area contributed by atoms with Gasteiger partial charge in [0.25, 0.3) is 0 Å². The first-order valence-corrected chi connectivity index (χ1v) is 10.4. The van der Waals surface area contributed by atoms with Crippen molar-refractivity contribution in [1.82, 2.24) is 19.5 Å². The summed E-state index contributed by atoms with van der Waals surface area (Å²) in [6.45, 7) is 8.44. The first kappa shape index (κ1) is 17.9. The van der Waals surface area contributed by atoms with Crippen LogP contribution >= 0.6 is 0 Å². The highest BCUT2D eigenvalue weighted by atomic mass is 16.5. The van der Waals surface area contributed by atoms with Crippen LogP contribution in [0.4, 0.5) is 11.5 Å². The Hall–Kier alpha value is -2.88. The molecule has 2 N–H and O–H groups in total. The molecule has 0 saturated carbocycles. The summed E-state index contributed by atoms with van der Waals surface area (Å²) in [5, 5.41) is 4.32. The summed E-state index contributed by atoms with van der Waals surface area (Å²) in [4.78, 5) is 17.3. The number of imidazole rings is 1. The third-order valence-corrected chi connectivity index (χ3v) is 6.00. The highest BCUT2D eigenvalue weighted by Crippen LogP contribution is 2.36. The number of ether oxygens (including phenoxy) is 2. The largest absolute Gasteiger partial charge is 0.378 e. The highest BCUT2D eigenvalue weighted by Gasteiger charge is 2.34.